The summed E-state index contributed by atoms with van der Waals surface area (Å²) in [6.07, 6.45) is -3.51. The van der Waals surface area contributed by atoms with Gasteiger partial charge in [0.15, 0.2) is 0 Å². The Hall–Kier alpha value is -1.52. The number of hydrogen-bond acceptors (Lipinski definition) is 2. The predicted octanol–water partition coefficient (Wildman–Crippen LogP) is 4.33. The van der Waals surface area contributed by atoms with E-state index in [0.29, 0.717) is 12.7 Å². The minimum Gasteiger partial charge on any atom is -0.493 e. The van der Waals surface area contributed by atoms with E-state index < -0.39 is 11.7 Å². The fourth-order valence-corrected chi connectivity index (χ4v) is 1.44. The summed E-state index contributed by atoms with van der Waals surface area (Å²) in [4.78, 5) is 10.5. The van der Waals surface area contributed by atoms with Crippen LogP contribution in [0.4, 0.5) is 13.2 Å². The molecule has 0 radical (unpaired) electrons. The van der Waals surface area contributed by atoms with Crippen LogP contribution in [0.1, 0.15) is 43.1 Å². The molecule has 0 saturated carbocycles. The largest absolute Gasteiger partial charge is 0.493 e. The Bertz CT molecular complexity index is 445. The number of benzene rings is 1. The molecule has 0 unspecified atom stereocenters. The van der Waals surface area contributed by atoms with E-state index >= 15 is 0 Å². The zero-order chi connectivity index (χ0) is 14.7. The standard InChI is InChI=1S/C14H17F3O2/c1-13(2,3)6-7-19-12-5-4-10(9-18)8-11(12)14(15,16)17/h4-5,8-9H,6-7H2,1-3H3. The Morgan fingerprint density at radius 3 is 2.32 bits per heavy atom. The lowest BCUT2D eigenvalue weighted by molar-refractivity contribution is -0.139. The third kappa shape index (κ3) is 4.93. The lowest BCUT2D eigenvalue weighted by Crippen LogP contribution is -2.14. The van der Waals surface area contributed by atoms with Crippen LogP contribution in [-0.4, -0.2) is 12.9 Å². The van der Waals surface area contributed by atoms with Crippen LogP contribution in [0.5, 0.6) is 5.75 Å². The number of halogens is 3. The Balaban J connectivity index is 2.91. The Labute approximate surface area is 110 Å². The molecule has 0 saturated heterocycles. The summed E-state index contributed by atoms with van der Waals surface area (Å²) in [7, 11) is 0. The number of carbonyl (C=O) groups excluding carboxylic acids is 1. The summed E-state index contributed by atoms with van der Waals surface area (Å²) in [5, 5.41) is 0. The number of carbonyl (C=O) groups is 1. The van der Waals surface area contributed by atoms with Crippen molar-refractivity contribution in [3.8, 4) is 5.75 Å². The van der Waals surface area contributed by atoms with Gasteiger partial charge in [0.25, 0.3) is 0 Å². The highest BCUT2D eigenvalue weighted by atomic mass is 19.4. The van der Waals surface area contributed by atoms with E-state index in [-0.39, 0.29) is 23.3 Å². The van der Waals surface area contributed by atoms with Crippen LogP contribution in [0, 0.1) is 5.41 Å². The van der Waals surface area contributed by atoms with E-state index in [9.17, 15) is 18.0 Å². The summed E-state index contributed by atoms with van der Waals surface area (Å²) in [6.45, 7) is 6.15. The SMILES string of the molecule is CC(C)(C)CCOc1ccc(C=O)cc1C(F)(F)F. The molecule has 0 fully saturated rings. The first-order valence-corrected chi connectivity index (χ1v) is 5.93. The van der Waals surface area contributed by atoms with Crippen molar-refractivity contribution in [2.45, 2.75) is 33.4 Å². The summed E-state index contributed by atoms with van der Waals surface area (Å²) < 4.78 is 43.7. The van der Waals surface area contributed by atoms with Gasteiger partial charge in [-0.2, -0.15) is 13.2 Å². The quantitative estimate of drug-likeness (QED) is 0.764. The van der Waals surface area contributed by atoms with Crippen molar-refractivity contribution in [1.29, 1.82) is 0 Å². The summed E-state index contributed by atoms with van der Waals surface area (Å²) in [5.41, 5.74) is -0.942. The average Bonchev–Trinajstić information content (AvgIpc) is 2.26. The van der Waals surface area contributed by atoms with E-state index in [1.54, 1.807) is 0 Å². The second-order valence-corrected chi connectivity index (χ2v) is 5.53. The molecule has 0 amide bonds. The lowest BCUT2D eigenvalue weighted by atomic mass is 9.93. The van der Waals surface area contributed by atoms with Gasteiger partial charge in [-0.05, 0) is 30.0 Å². The van der Waals surface area contributed by atoms with Crippen LogP contribution in [0.3, 0.4) is 0 Å². The van der Waals surface area contributed by atoms with Crippen LogP contribution in [0.15, 0.2) is 18.2 Å². The molecular weight excluding hydrogens is 257 g/mol. The van der Waals surface area contributed by atoms with Gasteiger partial charge in [-0.3, -0.25) is 4.79 Å². The topological polar surface area (TPSA) is 26.3 Å². The molecule has 0 atom stereocenters. The molecule has 1 rings (SSSR count). The fourth-order valence-electron chi connectivity index (χ4n) is 1.44. The van der Waals surface area contributed by atoms with Gasteiger partial charge in [0.1, 0.15) is 12.0 Å². The number of rotatable bonds is 4. The van der Waals surface area contributed by atoms with Crippen molar-refractivity contribution in [2.24, 2.45) is 5.41 Å². The number of ether oxygens (including phenoxy) is 1. The van der Waals surface area contributed by atoms with E-state index in [0.717, 1.165) is 6.07 Å². The van der Waals surface area contributed by atoms with E-state index in [1.807, 2.05) is 20.8 Å². The maximum absolute atomic E-state index is 12.8. The molecule has 0 N–H and O–H groups in total. The Morgan fingerprint density at radius 2 is 1.84 bits per heavy atom. The fraction of sp³-hybridized carbons (Fsp3) is 0.500. The van der Waals surface area contributed by atoms with E-state index in [4.69, 9.17) is 4.74 Å². The van der Waals surface area contributed by atoms with Crippen molar-refractivity contribution in [3.05, 3.63) is 29.3 Å². The minimum atomic E-state index is -4.53. The third-order valence-electron chi connectivity index (χ3n) is 2.55. The van der Waals surface area contributed by atoms with Gasteiger partial charge in [-0.25, -0.2) is 0 Å². The summed E-state index contributed by atoms with van der Waals surface area (Å²) >= 11 is 0. The van der Waals surface area contributed by atoms with Gasteiger partial charge >= 0.3 is 6.18 Å². The number of alkyl halides is 3. The molecular formula is C14H17F3O2. The Morgan fingerprint density at radius 1 is 1.21 bits per heavy atom. The average molecular weight is 274 g/mol. The molecule has 2 nitrogen and oxygen atoms in total. The second kappa shape index (κ2) is 5.63. The minimum absolute atomic E-state index is 0.0128. The van der Waals surface area contributed by atoms with Gasteiger partial charge in [-0.1, -0.05) is 20.8 Å². The van der Waals surface area contributed by atoms with E-state index in [2.05, 4.69) is 0 Å². The van der Waals surface area contributed by atoms with E-state index in [1.165, 1.54) is 12.1 Å². The van der Waals surface area contributed by atoms with Crippen LogP contribution < -0.4 is 4.74 Å². The third-order valence-corrected chi connectivity index (χ3v) is 2.55. The molecule has 1 aromatic rings. The molecule has 0 aliphatic rings. The first-order chi connectivity index (χ1) is 8.63. The van der Waals surface area contributed by atoms with Crippen molar-refractivity contribution in [1.82, 2.24) is 0 Å². The number of hydrogen-bond donors (Lipinski definition) is 0. The highest BCUT2D eigenvalue weighted by molar-refractivity contribution is 5.75. The highest BCUT2D eigenvalue weighted by Crippen LogP contribution is 2.37. The number of aldehydes is 1. The molecule has 0 aliphatic carbocycles. The van der Waals surface area contributed by atoms with Gasteiger partial charge in [0.2, 0.25) is 0 Å². The molecule has 1 aromatic carbocycles. The van der Waals surface area contributed by atoms with Gasteiger partial charge in [0, 0.05) is 5.56 Å². The van der Waals surface area contributed by atoms with Crippen LogP contribution in [-0.2, 0) is 6.18 Å². The molecule has 0 bridgehead atoms. The summed E-state index contributed by atoms with van der Waals surface area (Å²) in [5.74, 6) is -0.234. The van der Waals surface area contributed by atoms with Crippen LogP contribution in [0.25, 0.3) is 0 Å². The first-order valence-electron chi connectivity index (χ1n) is 5.93. The first kappa shape index (κ1) is 15.5. The van der Waals surface area contributed by atoms with Crippen molar-refractivity contribution >= 4 is 6.29 Å². The van der Waals surface area contributed by atoms with Crippen molar-refractivity contribution in [3.63, 3.8) is 0 Å². The zero-order valence-electron chi connectivity index (χ0n) is 11.2. The van der Waals surface area contributed by atoms with Gasteiger partial charge < -0.3 is 4.74 Å². The summed E-state index contributed by atoms with van der Waals surface area (Å²) in [6, 6.07) is 3.31. The second-order valence-electron chi connectivity index (χ2n) is 5.53. The molecule has 5 heteroatoms. The molecule has 0 spiro atoms. The maximum atomic E-state index is 12.8. The van der Waals surface area contributed by atoms with Crippen molar-refractivity contribution in [2.75, 3.05) is 6.61 Å². The van der Waals surface area contributed by atoms with Gasteiger partial charge in [0.05, 0.1) is 12.2 Å². The molecule has 0 aliphatic heterocycles. The molecule has 0 heterocycles. The molecule has 106 valence electrons. The monoisotopic (exact) mass is 274 g/mol. The smallest absolute Gasteiger partial charge is 0.419 e. The zero-order valence-corrected chi connectivity index (χ0v) is 11.2. The van der Waals surface area contributed by atoms with Crippen molar-refractivity contribution < 1.29 is 22.7 Å². The van der Waals surface area contributed by atoms with Crippen LogP contribution in [0.2, 0.25) is 0 Å². The Kier molecular flexibility index (Phi) is 4.61. The highest BCUT2D eigenvalue weighted by Gasteiger charge is 2.34. The normalized spacial score (nSPS) is 12.3. The lowest BCUT2D eigenvalue weighted by Gasteiger charge is -2.19. The maximum Gasteiger partial charge on any atom is 0.419 e. The molecule has 19 heavy (non-hydrogen) atoms. The van der Waals surface area contributed by atoms with Crippen LogP contribution >= 0.6 is 0 Å². The molecule has 0 aromatic heterocycles. The van der Waals surface area contributed by atoms with Gasteiger partial charge in [-0.15, -0.1) is 0 Å². The predicted molar refractivity (Wildman–Crippen MR) is 66.4 cm³/mol.